The molecule has 1 aromatic rings. The molecule has 1 fully saturated rings. The molecule has 1 aliphatic heterocycles. The molecule has 0 amide bonds. The Morgan fingerprint density at radius 1 is 1.52 bits per heavy atom. The van der Waals surface area contributed by atoms with E-state index < -0.39 is 40.9 Å². The zero-order valence-electron chi connectivity index (χ0n) is 12.4. The van der Waals surface area contributed by atoms with Crippen molar-refractivity contribution in [1.82, 2.24) is 9.55 Å². The van der Waals surface area contributed by atoms with Crippen LogP contribution >= 0.6 is 22.6 Å². The number of hydrogen-bond acceptors (Lipinski definition) is 7. The number of esters is 1. The standard InChI is InChI=1S/C13H15IN2O7/c1-6(17)13(21)3-10(23-9(13)5-22-7(2)18)16-4-8(14)11(19)15-12(16)20/h4,9-10,21H,3,5H2,1-2H3,(H,15,19,20)/t9-,10-,13-/m1/s1. The second kappa shape index (κ2) is 6.53. The van der Waals surface area contributed by atoms with Crippen LogP contribution in [-0.2, 0) is 19.1 Å². The third kappa shape index (κ3) is 3.53. The number of nitrogens with one attached hydrogen (secondary N) is 1. The van der Waals surface area contributed by atoms with Gasteiger partial charge in [0, 0.05) is 19.5 Å². The number of ether oxygens (including phenoxy) is 2. The maximum atomic E-state index is 11.9. The molecule has 2 heterocycles. The van der Waals surface area contributed by atoms with Crippen LogP contribution in [0.15, 0.2) is 15.8 Å². The lowest BCUT2D eigenvalue weighted by molar-refractivity contribution is -0.157. The number of hydrogen-bond donors (Lipinski definition) is 2. The van der Waals surface area contributed by atoms with Crippen LogP contribution in [0.5, 0.6) is 0 Å². The molecular formula is C13H15IN2O7. The summed E-state index contributed by atoms with van der Waals surface area (Å²) in [5.41, 5.74) is -3.15. The van der Waals surface area contributed by atoms with Crippen LogP contribution in [0.25, 0.3) is 0 Å². The Balaban J connectivity index is 2.35. The Bertz CT molecular complexity index is 755. The minimum absolute atomic E-state index is 0.198. The van der Waals surface area contributed by atoms with Gasteiger partial charge < -0.3 is 14.6 Å². The van der Waals surface area contributed by atoms with E-state index in [-0.39, 0.29) is 16.6 Å². The highest BCUT2D eigenvalue weighted by molar-refractivity contribution is 14.1. The second-order valence-electron chi connectivity index (χ2n) is 5.21. The fourth-order valence-electron chi connectivity index (χ4n) is 2.33. The lowest BCUT2D eigenvalue weighted by atomic mass is 9.91. The fourth-order valence-corrected chi connectivity index (χ4v) is 2.76. The van der Waals surface area contributed by atoms with Gasteiger partial charge >= 0.3 is 11.7 Å². The Hall–Kier alpha value is -1.53. The van der Waals surface area contributed by atoms with Crippen molar-refractivity contribution in [3.63, 3.8) is 0 Å². The van der Waals surface area contributed by atoms with E-state index in [2.05, 4.69) is 4.98 Å². The smallest absolute Gasteiger partial charge is 0.330 e. The van der Waals surface area contributed by atoms with E-state index in [9.17, 15) is 24.3 Å². The van der Waals surface area contributed by atoms with Crippen molar-refractivity contribution in [3.05, 3.63) is 30.6 Å². The highest BCUT2D eigenvalue weighted by Crippen LogP contribution is 2.37. The first-order valence-electron chi connectivity index (χ1n) is 6.68. The summed E-state index contributed by atoms with van der Waals surface area (Å²) in [5.74, 6) is -1.15. The summed E-state index contributed by atoms with van der Waals surface area (Å²) in [4.78, 5) is 48.1. The molecule has 23 heavy (non-hydrogen) atoms. The molecule has 0 unspecified atom stereocenters. The number of Topliss-reactive ketones (excluding diaryl/α,β-unsaturated/α-hetero) is 1. The number of aromatic nitrogens is 2. The van der Waals surface area contributed by atoms with Crippen molar-refractivity contribution in [3.8, 4) is 0 Å². The van der Waals surface area contributed by atoms with Crippen LogP contribution in [0.1, 0.15) is 26.5 Å². The maximum absolute atomic E-state index is 11.9. The number of aromatic amines is 1. The number of carbonyl (C=O) groups is 2. The van der Waals surface area contributed by atoms with Gasteiger partial charge in [-0.1, -0.05) is 0 Å². The van der Waals surface area contributed by atoms with Gasteiger partial charge in [-0.15, -0.1) is 0 Å². The van der Waals surface area contributed by atoms with Gasteiger partial charge in [-0.2, -0.15) is 0 Å². The van der Waals surface area contributed by atoms with Gasteiger partial charge in [0.25, 0.3) is 5.56 Å². The maximum Gasteiger partial charge on any atom is 0.330 e. The van der Waals surface area contributed by atoms with Gasteiger partial charge in [-0.05, 0) is 29.5 Å². The fraction of sp³-hybridized carbons (Fsp3) is 0.538. The number of nitrogens with zero attached hydrogens (tertiary/aromatic N) is 1. The second-order valence-corrected chi connectivity index (χ2v) is 6.37. The van der Waals surface area contributed by atoms with E-state index in [0.29, 0.717) is 0 Å². The van der Waals surface area contributed by atoms with Crippen LogP contribution in [0, 0.1) is 3.57 Å². The summed E-state index contributed by atoms with van der Waals surface area (Å²) in [6.07, 6.45) is -0.995. The zero-order valence-corrected chi connectivity index (χ0v) is 14.5. The first-order valence-corrected chi connectivity index (χ1v) is 7.76. The molecule has 1 aliphatic rings. The van der Waals surface area contributed by atoms with Crippen molar-refractivity contribution >= 4 is 34.3 Å². The highest BCUT2D eigenvalue weighted by Gasteiger charge is 2.52. The molecule has 0 radical (unpaired) electrons. The molecular weight excluding hydrogens is 423 g/mol. The quantitative estimate of drug-likeness (QED) is 0.471. The molecule has 126 valence electrons. The zero-order chi connectivity index (χ0) is 17.4. The van der Waals surface area contributed by atoms with Gasteiger partial charge in [-0.3, -0.25) is 23.9 Å². The lowest BCUT2D eigenvalue weighted by Gasteiger charge is -2.24. The summed E-state index contributed by atoms with van der Waals surface area (Å²) in [5, 5.41) is 10.5. The van der Waals surface area contributed by atoms with Crippen LogP contribution < -0.4 is 11.2 Å². The predicted molar refractivity (Wildman–Crippen MR) is 84.8 cm³/mol. The minimum atomic E-state index is -1.89. The van der Waals surface area contributed by atoms with E-state index in [4.69, 9.17) is 9.47 Å². The van der Waals surface area contributed by atoms with Crippen molar-refractivity contribution in [2.75, 3.05) is 6.61 Å². The number of ketones is 1. The van der Waals surface area contributed by atoms with Crippen LogP contribution in [-0.4, -0.2) is 44.7 Å². The first kappa shape index (κ1) is 17.8. The largest absolute Gasteiger partial charge is 0.463 e. The van der Waals surface area contributed by atoms with E-state index in [0.717, 1.165) is 4.57 Å². The predicted octanol–water partition coefficient (Wildman–Crippen LogP) is -0.688. The van der Waals surface area contributed by atoms with Gasteiger partial charge in [-0.25, -0.2) is 4.79 Å². The number of H-pyrrole nitrogens is 1. The molecule has 0 bridgehead atoms. The van der Waals surface area contributed by atoms with Crippen molar-refractivity contribution < 1.29 is 24.2 Å². The third-order valence-corrected chi connectivity index (χ3v) is 4.39. The van der Waals surface area contributed by atoms with Gasteiger partial charge in [0.05, 0.1) is 3.57 Å². The molecule has 0 saturated carbocycles. The average molecular weight is 438 g/mol. The summed E-state index contributed by atoms with van der Waals surface area (Å²) in [6.45, 7) is 2.05. The topological polar surface area (TPSA) is 128 Å². The van der Waals surface area contributed by atoms with Crippen LogP contribution in [0.2, 0.25) is 0 Å². The Labute approximate surface area is 143 Å². The summed E-state index contributed by atoms with van der Waals surface area (Å²) < 4.78 is 11.7. The van der Waals surface area contributed by atoms with Crippen molar-refractivity contribution in [1.29, 1.82) is 0 Å². The Morgan fingerprint density at radius 2 is 2.17 bits per heavy atom. The van der Waals surface area contributed by atoms with Gasteiger partial charge in [0.15, 0.2) is 11.4 Å². The molecule has 3 atom stereocenters. The molecule has 0 aliphatic carbocycles. The molecule has 1 aromatic heterocycles. The van der Waals surface area contributed by atoms with Crippen molar-refractivity contribution in [2.24, 2.45) is 0 Å². The van der Waals surface area contributed by atoms with E-state index in [1.165, 1.54) is 20.0 Å². The molecule has 0 spiro atoms. The van der Waals surface area contributed by atoms with E-state index >= 15 is 0 Å². The SMILES string of the molecule is CC(=O)OC[C@H]1O[C@@H](n2cc(I)c(=O)[nH]c2=O)C[C@@]1(O)C(C)=O. The molecule has 2 rings (SSSR count). The summed E-state index contributed by atoms with van der Waals surface area (Å²) >= 11 is 1.75. The molecule has 10 heteroatoms. The van der Waals surface area contributed by atoms with Gasteiger partial charge in [0.2, 0.25) is 0 Å². The van der Waals surface area contributed by atoms with Crippen molar-refractivity contribution in [2.45, 2.75) is 38.2 Å². The van der Waals surface area contributed by atoms with E-state index in [1.807, 2.05) is 0 Å². The Morgan fingerprint density at radius 3 is 2.74 bits per heavy atom. The third-order valence-electron chi connectivity index (χ3n) is 3.62. The molecule has 2 N–H and O–H groups in total. The number of carbonyl (C=O) groups excluding carboxylic acids is 2. The highest BCUT2D eigenvalue weighted by atomic mass is 127. The van der Waals surface area contributed by atoms with Crippen LogP contribution in [0.3, 0.4) is 0 Å². The number of aliphatic hydroxyl groups is 1. The van der Waals surface area contributed by atoms with Gasteiger partial charge in [0.1, 0.15) is 18.9 Å². The van der Waals surface area contributed by atoms with Crippen LogP contribution in [0.4, 0.5) is 0 Å². The Kier molecular flexibility index (Phi) is 5.06. The molecule has 1 saturated heterocycles. The first-order chi connectivity index (χ1) is 10.6. The van der Waals surface area contributed by atoms with E-state index in [1.54, 1.807) is 22.6 Å². The monoisotopic (exact) mass is 438 g/mol. The molecule has 9 nitrogen and oxygen atoms in total. The number of rotatable bonds is 4. The normalized spacial score (nSPS) is 27.0. The number of halogens is 1. The summed E-state index contributed by atoms with van der Waals surface area (Å²) in [6, 6.07) is 0. The minimum Gasteiger partial charge on any atom is -0.463 e. The lowest BCUT2D eigenvalue weighted by Crippen LogP contribution is -2.47. The summed E-state index contributed by atoms with van der Waals surface area (Å²) in [7, 11) is 0. The molecule has 0 aromatic carbocycles. The average Bonchev–Trinajstić information content (AvgIpc) is 2.79.